The number of hydrogen-bond acceptors (Lipinski definition) is 2. The highest BCUT2D eigenvalue weighted by atomic mass is 32.2. The second-order valence-electron chi connectivity index (χ2n) is 3.88. The molecule has 0 aliphatic heterocycles. The average Bonchev–Trinajstić information content (AvgIpc) is 2.99. The van der Waals surface area contributed by atoms with Crippen LogP contribution < -0.4 is 0 Å². The van der Waals surface area contributed by atoms with Gasteiger partial charge in [0.1, 0.15) is 5.82 Å². The van der Waals surface area contributed by atoms with Crippen molar-refractivity contribution in [1.29, 1.82) is 0 Å². The van der Waals surface area contributed by atoms with Crippen LogP contribution in [0.5, 0.6) is 0 Å². The molecule has 0 bridgehead atoms. The maximum atomic E-state index is 12.6. The fourth-order valence-electron chi connectivity index (χ4n) is 1.84. The van der Waals surface area contributed by atoms with Crippen molar-refractivity contribution in [3.8, 4) is 0 Å². The Hall–Kier alpha value is -0.900. The maximum absolute atomic E-state index is 12.6. The van der Waals surface area contributed by atoms with Crippen LogP contribution in [0.2, 0.25) is 0 Å². The van der Waals surface area contributed by atoms with Gasteiger partial charge in [-0.3, -0.25) is 0 Å². The van der Waals surface area contributed by atoms with Gasteiger partial charge in [0.15, 0.2) is 9.84 Å². The molecule has 1 aliphatic rings. The first kappa shape index (κ1) is 10.6. The minimum absolute atomic E-state index is 0.0792. The van der Waals surface area contributed by atoms with Crippen molar-refractivity contribution in [1.82, 2.24) is 0 Å². The quantitative estimate of drug-likeness (QED) is 0.794. The standard InChI is InChI=1S/C11H13FO2S/c1-2-15(13,14)11-7-10(11)8-3-5-9(12)6-4-8/h3-6,10-11H,2,7H2,1H3/t10-,11+/m1/s1. The Labute approximate surface area is 89.0 Å². The molecule has 1 aromatic carbocycles. The van der Waals surface area contributed by atoms with Crippen molar-refractivity contribution in [2.75, 3.05) is 5.75 Å². The molecular formula is C11H13FO2S. The van der Waals surface area contributed by atoms with Gasteiger partial charge in [0, 0.05) is 11.7 Å². The zero-order valence-electron chi connectivity index (χ0n) is 8.48. The van der Waals surface area contributed by atoms with Crippen LogP contribution in [-0.2, 0) is 9.84 Å². The van der Waals surface area contributed by atoms with E-state index in [4.69, 9.17) is 0 Å². The van der Waals surface area contributed by atoms with Crippen LogP contribution >= 0.6 is 0 Å². The van der Waals surface area contributed by atoms with Crippen LogP contribution in [0.25, 0.3) is 0 Å². The minimum Gasteiger partial charge on any atom is -0.229 e. The van der Waals surface area contributed by atoms with E-state index in [1.807, 2.05) is 0 Å². The Kier molecular flexibility index (Phi) is 2.54. The molecule has 2 nitrogen and oxygen atoms in total. The van der Waals surface area contributed by atoms with Crippen molar-refractivity contribution in [2.45, 2.75) is 24.5 Å². The fourth-order valence-corrected chi connectivity index (χ4v) is 3.43. The third-order valence-corrected chi connectivity index (χ3v) is 5.14. The van der Waals surface area contributed by atoms with E-state index in [1.165, 1.54) is 12.1 Å². The Morgan fingerprint density at radius 1 is 1.33 bits per heavy atom. The molecule has 0 unspecified atom stereocenters. The highest BCUT2D eigenvalue weighted by Crippen LogP contribution is 2.46. The SMILES string of the molecule is CCS(=O)(=O)[C@H]1C[C@@H]1c1ccc(F)cc1. The number of hydrogen-bond donors (Lipinski definition) is 0. The molecule has 1 aliphatic carbocycles. The van der Waals surface area contributed by atoms with Gasteiger partial charge in [-0.15, -0.1) is 0 Å². The number of benzene rings is 1. The summed E-state index contributed by atoms with van der Waals surface area (Å²) in [5, 5.41) is -0.243. The van der Waals surface area contributed by atoms with Crippen LogP contribution in [0, 0.1) is 5.82 Å². The summed E-state index contributed by atoms with van der Waals surface area (Å²) in [6.07, 6.45) is 0.682. The Bertz CT molecular complexity index is 450. The molecule has 0 saturated heterocycles. The first-order chi connectivity index (χ1) is 7.04. The molecule has 0 amide bonds. The molecule has 15 heavy (non-hydrogen) atoms. The molecule has 1 aromatic rings. The summed E-state index contributed by atoms with van der Waals surface area (Å²) < 4.78 is 35.7. The first-order valence-corrected chi connectivity index (χ1v) is 6.73. The lowest BCUT2D eigenvalue weighted by Crippen LogP contribution is -2.10. The zero-order chi connectivity index (χ0) is 11.1. The first-order valence-electron chi connectivity index (χ1n) is 5.01. The van der Waals surface area contributed by atoms with E-state index in [-0.39, 0.29) is 22.7 Å². The molecule has 4 heteroatoms. The van der Waals surface area contributed by atoms with E-state index in [0.717, 1.165) is 5.56 Å². The Balaban J connectivity index is 2.15. The van der Waals surface area contributed by atoms with Gasteiger partial charge in [0.25, 0.3) is 0 Å². The number of halogens is 1. The third kappa shape index (κ3) is 2.04. The Morgan fingerprint density at radius 2 is 1.93 bits per heavy atom. The summed E-state index contributed by atoms with van der Waals surface area (Å²) in [6.45, 7) is 1.66. The highest BCUT2D eigenvalue weighted by molar-refractivity contribution is 7.92. The van der Waals surface area contributed by atoms with Gasteiger partial charge in [-0.2, -0.15) is 0 Å². The zero-order valence-corrected chi connectivity index (χ0v) is 9.30. The molecule has 0 radical (unpaired) electrons. The van der Waals surface area contributed by atoms with Crippen LogP contribution in [0.15, 0.2) is 24.3 Å². The summed E-state index contributed by atoms with van der Waals surface area (Å²) in [6, 6.07) is 6.10. The molecule has 0 spiro atoms. The van der Waals surface area contributed by atoms with Crippen molar-refractivity contribution < 1.29 is 12.8 Å². The van der Waals surface area contributed by atoms with Crippen LogP contribution in [0.4, 0.5) is 4.39 Å². The molecule has 0 N–H and O–H groups in total. The van der Waals surface area contributed by atoms with Crippen LogP contribution in [0.1, 0.15) is 24.8 Å². The lowest BCUT2D eigenvalue weighted by molar-refractivity contribution is 0.595. The predicted molar refractivity (Wildman–Crippen MR) is 57.0 cm³/mol. The largest absolute Gasteiger partial charge is 0.229 e. The van der Waals surface area contributed by atoms with E-state index in [9.17, 15) is 12.8 Å². The van der Waals surface area contributed by atoms with E-state index in [0.29, 0.717) is 6.42 Å². The molecule has 1 saturated carbocycles. The van der Waals surface area contributed by atoms with Crippen molar-refractivity contribution in [3.63, 3.8) is 0 Å². The van der Waals surface area contributed by atoms with Gasteiger partial charge >= 0.3 is 0 Å². The van der Waals surface area contributed by atoms with Crippen LogP contribution in [0.3, 0.4) is 0 Å². The van der Waals surface area contributed by atoms with Gasteiger partial charge in [-0.1, -0.05) is 19.1 Å². The van der Waals surface area contributed by atoms with Gasteiger partial charge in [-0.25, -0.2) is 12.8 Å². The lowest BCUT2D eigenvalue weighted by atomic mass is 10.1. The van der Waals surface area contributed by atoms with Crippen molar-refractivity contribution in [2.24, 2.45) is 0 Å². The molecule has 2 rings (SSSR count). The van der Waals surface area contributed by atoms with E-state index >= 15 is 0 Å². The van der Waals surface area contributed by atoms with E-state index < -0.39 is 9.84 Å². The summed E-state index contributed by atoms with van der Waals surface area (Å²) in [5.41, 5.74) is 0.929. The van der Waals surface area contributed by atoms with Gasteiger partial charge in [0.05, 0.1) is 5.25 Å². The second-order valence-corrected chi connectivity index (χ2v) is 6.39. The van der Waals surface area contributed by atoms with Gasteiger partial charge in [0.2, 0.25) is 0 Å². The predicted octanol–water partition coefficient (Wildman–Crippen LogP) is 2.12. The molecule has 82 valence electrons. The Morgan fingerprint density at radius 3 is 2.47 bits per heavy atom. The number of rotatable bonds is 3. The summed E-state index contributed by atoms with van der Waals surface area (Å²) in [4.78, 5) is 0. The summed E-state index contributed by atoms with van der Waals surface area (Å²) >= 11 is 0. The lowest BCUT2D eigenvalue weighted by Gasteiger charge is -2.00. The van der Waals surface area contributed by atoms with Gasteiger partial charge in [-0.05, 0) is 24.1 Å². The fraction of sp³-hybridized carbons (Fsp3) is 0.455. The smallest absolute Gasteiger partial charge is 0.153 e. The third-order valence-electron chi connectivity index (χ3n) is 2.89. The maximum Gasteiger partial charge on any atom is 0.153 e. The molecule has 0 heterocycles. The van der Waals surface area contributed by atoms with Crippen LogP contribution in [-0.4, -0.2) is 19.4 Å². The van der Waals surface area contributed by atoms with Gasteiger partial charge < -0.3 is 0 Å². The number of sulfone groups is 1. The topological polar surface area (TPSA) is 34.1 Å². The highest BCUT2D eigenvalue weighted by Gasteiger charge is 2.46. The van der Waals surface area contributed by atoms with Crippen molar-refractivity contribution >= 4 is 9.84 Å². The summed E-state index contributed by atoms with van der Waals surface area (Å²) in [5.74, 6) is -0.0140. The summed E-state index contributed by atoms with van der Waals surface area (Å²) in [7, 11) is -2.93. The molecule has 1 fully saturated rings. The minimum atomic E-state index is -2.93. The van der Waals surface area contributed by atoms with E-state index in [2.05, 4.69) is 0 Å². The van der Waals surface area contributed by atoms with Crippen molar-refractivity contribution in [3.05, 3.63) is 35.6 Å². The van der Waals surface area contributed by atoms with E-state index in [1.54, 1.807) is 19.1 Å². The molecular weight excluding hydrogens is 215 g/mol. The second kappa shape index (κ2) is 3.59. The normalized spacial score (nSPS) is 25.2. The molecule has 2 atom stereocenters. The monoisotopic (exact) mass is 228 g/mol. The average molecular weight is 228 g/mol. The molecule has 0 aromatic heterocycles.